The van der Waals surface area contributed by atoms with Crippen LogP contribution in [0.2, 0.25) is 0 Å². The minimum Gasteiger partial charge on any atom is -0.309 e. The fourth-order valence-electron chi connectivity index (χ4n) is 4.86. The van der Waals surface area contributed by atoms with Crippen LogP contribution < -0.4 is 4.90 Å². The van der Waals surface area contributed by atoms with Gasteiger partial charge in [0.25, 0.3) is 5.91 Å². The van der Waals surface area contributed by atoms with Crippen LogP contribution in [0.1, 0.15) is 18.1 Å². The summed E-state index contributed by atoms with van der Waals surface area (Å²) in [5.41, 5.74) is 7.27. The normalized spacial score (nSPS) is 14.6. The van der Waals surface area contributed by atoms with Gasteiger partial charge in [0.1, 0.15) is 0 Å². The number of amides is 1. The number of hydrogen-bond donors (Lipinski definition) is 0. The zero-order valence-corrected chi connectivity index (χ0v) is 17.8. The lowest BCUT2D eigenvalue weighted by atomic mass is 10.0. The summed E-state index contributed by atoms with van der Waals surface area (Å²) in [5.74, 6) is 0.0699. The van der Waals surface area contributed by atoms with Crippen LogP contribution in [0.15, 0.2) is 97.1 Å². The monoisotopic (exact) mass is 414 g/mol. The second-order valence-corrected chi connectivity index (χ2v) is 8.09. The maximum absolute atomic E-state index is 13.1. The average Bonchev–Trinajstić information content (AvgIpc) is 3.31. The molecular formula is C29H22N2O. The number of fused-ring (bicyclic) bond motifs is 4. The van der Waals surface area contributed by atoms with Crippen LogP contribution in [0, 0.1) is 0 Å². The summed E-state index contributed by atoms with van der Waals surface area (Å²) in [6.45, 7) is 2.68. The van der Waals surface area contributed by atoms with Gasteiger partial charge < -0.3 is 9.47 Å². The van der Waals surface area contributed by atoms with E-state index in [1.807, 2.05) is 48.2 Å². The van der Waals surface area contributed by atoms with E-state index in [0.29, 0.717) is 6.54 Å². The quantitative estimate of drug-likeness (QED) is 0.302. The van der Waals surface area contributed by atoms with Crippen LogP contribution in [0.5, 0.6) is 0 Å². The summed E-state index contributed by atoms with van der Waals surface area (Å²) >= 11 is 0. The summed E-state index contributed by atoms with van der Waals surface area (Å²) in [4.78, 5) is 15.0. The second kappa shape index (κ2) is 7.24. The third-order valence-electron chi connectivity index (χ3n) is 6.30. The van der Waals surface area contributed by atoms with Crippen LogP contribution in [0.3, 0.4) is 0 Å². The molecule has 0 unspecified atom stereocenters. The molecule has 3 heteroatoms. The van der Waals surface area contributed by atoms with E-state index in [4.69, 9.17) is 0 Å². The van der Waals surface area contributed by atoms with E-state index in [-0.39, 0.29) is 5.91 Å². The Hall–Kier alpha value is -4.11. The summed E-state index contributed by atoms with van der Waals surface area (Å²) in [6.07, 6.45) is 2.03. The molecule has 1 amide bonds. The molecular weight excluding hydrogens is 392 g/mol. The minimum atomic E-state index is 0.0699. The lowest BCUT2D eigenvalue weighted by molar-refractivity contribution is -0.112. The molecule has 2 heterocycles. The molecule has 1 aliphatic heterocycles. The van der Waals surface area contributed by atoms with E-state index in [0.717, 1.165) is 33.6 Å². The van der Waals surface area contributed by atoms with Gasteiger partial charge in [-0.3, -0.25) is 4.79 Å². The number of carbonyl (C=O) groups excluding carboxylic acids is 1. The van der Waals surface area contributed by atoms with Crippen molar-refractivity contribution in [2.75, 3.05) is 11.4 Å². The predicted molar refractivity (Wildman–Crippen MR) is 133 cm³/mol. The van der Waals surface area contributed by atoms with Crippen LogP contribution in [0.25, 0.3) is 39.1 Å². The molecule has 0 saturated carbocycles. The lowest BCUT2D eigenvalue weighted by Crippen LogP contribution is -2.25. The van der Waals surface area contributed by atoms with E-state index >= 15 is 0 Å². The molecule has 0 radical (unpaired) electrons. The molecule has 0 saturated heterocycles. The number of benzene rings is 4. The fraction of sp³-hybridized carbons (Fsp3) is 0.0690. The largest absolute Gasteiger partial charge is 0.309 e. The van der Waals surface area contributed by atoms with Crippen molar-refractivity contribution >= 4 is 45.0 Å². The van der Waals surface area contributed by atoms with Crippen molar-refractivity contribution in [2.24, 2.45) is 0 Å². The van der Waals surface area contributed by atoms with Crippen molar-refractivity contribution in [1.29, 1.82) is 0 Å². The molecule has 5 aromatic rings. The lowest BCUT2D eigenvalue weighted by Gasteiger charge is -2.13. The molecule has 0 bridgehead atoms. The van der Waals surface area contributed by atoms with Crippen molar-refractivity contribution in [3.05, 3.63) is 108 Å². The summed E-state index contributed by atoms with van der Waals surface area (Å²) in [6, 6.07) is 33.5. The van der Waals surface area contributed by atoms with E-state index in [1.165, 1.54) is 16.3 Å². The van der Waals surface area contributed by atoms with Crippen LogP contribution >= 0.6 is 0 Å². The summed E-state index contributed by atoms with van der Waals surface area (Å²) in [7, 11) is 0. The van der Waals surface area contributed by atoms with E-state index < -0.39 is 0 Å². The molecule has 0 spiro atoms. The molecule has 0 aliphatic carbocycles. The molecule has 154 valence electrons. The third kappa shape index (κ3) is 2.71. The molecule has 4 aromatic carbocycles. The van der Waals surface area contributed by atoms with E-state index in [9.17, 15) is 4.79 Å². The highest BCUT2D eigenvalue weighted by Gasteiger charge is 2.30. The maximum atomic E-state index is 13.1. The molecule has 1 aliphatic rings. The highest BCUT2D eigenvalue weighted by atomic mass is 16.2. The first kappa shape index (κ1) is 18.6. The molecule has 6 rings (SSSR count). The van der Waals surface area contributed by atoms with Gasteiger partial charge in [-0.1, -0.05) is 60.7 Å². The first-order chi connectivity index (χ1) is 15.8. The van der Waals surface area contributed by atoms with Gasteiger partial charge in [0.2, 0.25) is 0 Å². The van der Waals surface area contributed by atoms with Crippen LogP contribution in [-0.2, 0) is 4.79 Å². The van der Waals surface area contributed by atoms with Crippen molar-refractivity contribution in [1.82, 2.24) is 4.57 Å². The Morgan fingerprint density at radius 1 is 0.750 bits per heavy atom. The molecule has 0 N–H and O–H groups in total. The first-order valence-corrected chi connectivity index (χ1v) is 11.0. The Labute approximate surface area is 186 Å². The van der Waals surface area contributed by atoms with Gasteiger partial charge in [-0.2, -0.15) is 0 Å². The van der Waals surface area contributed by atoms with Crippen LogP contribution in [-0.4, -0.2) is 17.0 Å². The number of aromatic nitrogens is 1. The van der Waals surface area contributed by atoms with Crippen molar-refractivity contribution < 1.29 is 4.79 Å². The maximum Gasteiger partial charge on any atom is 0.258 e. The van der Waals surface area contributed by atoms with Gasteiger partial charge in [-0.05, 0) is 55.0 Å². The topological polar surface area (TPSA) is 25.2 Å². The van der Waals surface area contributed by atoms with Gasteiger partial charge in [0, 0.05) is 34.1 Å². The molecule has 0 atom stereocenters. The van der Waals surface area contributed by atoms with Crippen molar-refractivity contribution in [3.63, 3.8) is 0 Å². The van der Waals surface area contributed by atoms with Gasteiger partial charge in [0.15, 0.2) is 0 Å². The zero-order valence-electron chi connectivity index (χ0n) is 17.8. The van der Waals surface area contributed by atoms with Crippen molar-refractivity contribution in [2.45, 2.75) is 6.92 Å². The van der Waals surface area contributed by atoms with Gasteiger partial charge in [0.05, 0.1) is 16.7 Å². The Balaban J connectivity index is 1.56. The second-order valence-electron chi connectivity index (χ2n) is 8.09. The highest BCUT2D eigenvalue weighted by molar-refractivity contribution is 6.35. The Morgan fingerprint density at radius 3 is 2.31 bits per heavy atom. The molecule has 1 aromatic heterocycles. The number of rotatable bonds is 3. The smallest absolute Gasteiger partial charge is 0.258 e. The fourth-order valence-corrected chi connectivity index (χ4v) is 4.86. The number of hydrogen-bond acceptors (Lipinski definition) is 1. The molecule has 3 nitrogen and oxygen atoms in total. The first-order valence-electron chi connectivity index (χ1n) is 11.0. The van der Waals surface area contributed by atoms with Gasteiger partial charge >= 0.3 is 0 Å². The van der Waals surface area contributed by atoms with E-state index in [1.54, 1.807) is 0 Å². The summed E-state index contributed by atoms with van der Waals surface area (Å²) < 4.78 is 2.30. The average molecular weight is 415 g/mol. The Morgan fingerprint density at radius 2 is 1.47 bits per heavy atom. The van der Waals surface area contributed by atoms with Crippen LogP contribution in [0.4, 0.5) is 5.69 Å². The number of carbonyl (C=O) groups is 1. The predicted octanol–water partition coefficient (Wildman–Crippen LogP) is 6.69. The van der Waals surface area contributed by atoms with Crippen molar-refractivity contribution in [3.8, 4) is 5.69 Å². The number of nitrogens with zero attached hydrogens (tertiary/aromatic N) is 2. The standard InChI is InChI=1S/C29H22N2O/c1-2-30-26-14-8-6-13-23(26)25(29(30)32)19-20-16-17-28-24(18-20)22-12-7-9-15-27(22)31(28)21-10-4-3-5-11-21/h3-19H,2H2,1H3. The SMILES string of the molecule is CCN1C(=O)C(=Cc2ccc3c(c2)c2ccccc2n3-c2ccccc2)c2ccccc21. The Bertz CT molecular complexity index is 1530. The van der Waals surface area contributed by atoms with Gasteiger partial charge in [-0.25, -0.2) is 0 Å². The van der Waals surface area contributed by atoms with Gasteiger partial charge in [-0.15, -0.1) is 0 Å². The number of para-hydroxylation sites is 3. The number of likely N-dealkylation sites (N-methyl/N-ethyl adjacent to an activating group) is 1. The zero-order chi connectivity index (χ0) is 21.7. The Kier molecular flexibility index (Phi) is 4.22. The number of anilines is 1. The molecule has 32 heavy (non-hydrogen) atoms. The third-order valence-corrected chi connectivity index (χ3v) is 6.30. The summed E-state index contributed by atoms with van der Waals surface area (Å²) in [5, 5.41) is 2.39. The molecule has 0 fully saturated rings. The highest BCUT2D eigenvalue weighted by Crippen LogP contribution is 2.38. The minimum absolute atomic E-state index is 0.0699. The van der Waals surface area contributed by atoms with E-state index in [2.05, 4.69) is 71.3 Å².